The summed E-state index contributed by atoms with van der Waals surface area (Å²) in [6.45, 7) is 18.2. The molecule has 2 amide bonds. The third kappa shape index (κ3) is 11.7. The molecule has 0 saturated carbocycles. The second-order valence-corrected chi connectivity index (χ2v) is 11.9. The monoisotopic (exact) mass is 640 g/mol. The van der Waals surface area contributed by atoms with Crippen molar-refractivity contribution in [2.24, 2.45) is 0 Å². The minimum atomic E-state index is -0.311. The standard InChI is InChI=1S/C36H56N4O6/c1-7-31(35(41)37-33-27(3)11-9-12-28(33)4)39-15-19-43-23-25-45-21-17-40(18-22-46-26-24-44-20-16-39)32(8-2)36(42)38-34-29(5)13-10-14-30(34)6/h9-14,31-32H,7-8,15-26H2,1-6H3,(H,37,41)(H,38,42). The van der Waals surface area contributed by atoms with Gasteiger partial charge in [-0.15, -0.1) is 0 Å². The van der Waals surface area contributed by atoms with Crippen molar-refractivity contribution < 1.29 is 28.5 Å². The average molecular weight is 641 g/mol. The lowest BCUT2D eigenvalue weighted by molar-refractivity contribution is -0.123. The minimum absolute atomic E-state index is 0.0219. The van der Waals surface area contributed by atoms with Crippen molar-refractivity contribution in [3.63, 3.8) is 0 Å². The van der Waals surface area contributed by atoms with Gasteiger partial charge in [-0.1, -0.05) is 50.2 Å². The van der Waals surface area contributed by atoms with Crippen LogP contribution in [0.5, 0.6) is 0 Å². The third-order valence-corrected chi connectivity index (χ3v) is 8.55. The maximum atomic E-state index is 13.4. The number of amides is 2. The van der Waals surface area contributed by atoms with Crippen LogP contribution in [0.2, 0.25) is 0 Å². The third-order valence-electron chi connectivity index (χ3n) is 8.55. The Morgan fingerprint density at radius 2 is 0.848 bits per heavy atom. The molecule has 0 bridgehead atoms. The molecule has 2 unspecified atom stereocenters. The highest BCUT2D eigenvalue weighted by molar-refractivity contribution is 5.96. The number of carbonyl (C=O) groups is 2. The normalized spacial score (nSPS) is 18.6. The molecule has 0 radical (unpaired) electrons. The van der Waals surface area contributed by atoms with Crippen LogP contribution in [0.15, 0.2) is 36.4 Å². The first kappa shape index (κ1) is 37.6. The first-order chi connectivity index (χ1) is 22.3. The number of nitrogens with zero attached hydrogens (tertiary/aromatic N) is 2. The fraction of sp³-hybridized carbons (Fsp3) is 0.611. The summed E-state index contributed by atoms with van der Waals surface area (Å²) in [6.07, 6.45) is 1.33. The summed E-state index contributed by atoms with van der Waals surface area (Å²) in [5.74, 6) is -0.0438. The first-order valence-corrected chi connectivity index (χ1v) is 16.8. The molecular formula is C36H56N4O6. The van der Waals surface area contributed by atoms with Gasteiger partial charge >= 0.3 is 0 Å². The van der Waals surface area contributed by atoms with Crippen molar-refractivity contribution >= 4 is 23.2 Å². The van der Waals surface area contributed by atoms with Gasteiger partial charge in [0.1, 0.15) is 0 Å². The maximum Gasteiger partial charge on any atom is 0.241 e. The fourth-order valence-electron chi connectivity index (χ4n) is 5.87. The van der Waals surface area contributed by atoms with Crippen molar-refractivity contribution in [3.8, 4) is 0 Å². The first-order valence-electron chi connectivity index (χ1n) is 16.8. The van der Waals surface area contributed by atoms with Crippen LogP contribution in [0, 0.1) is 27.7 Å². The zero-order valence-corrected chi connectivity index (χ0v) is 28.9. The van der Waals surface area contributed by atoms with Crippen LogP contribution in [-0.4, -0.2) is 113 Å². The van der Waals surface area contributed by atoms with Crippen molar-refractivity contribution in [3.05, 3.63) is 58.7 Å². The summed E-state index contributed by atoms with van der Waals surface area (Å²) in [6, 6.07) is 11.4. The second kappa shape index (κ2) is 20.4. The van der Waals surface area contributed by atoms with Gasteiger partial charge in [0.2, 0.25) is 11.8 Å². The molecule has 256 valence electrons. The van der Waals surface area contributed by atoms with E-state index in [1.54, 1.807) is 0 Å². The molecular weight excluding hydrogens is 584 g/mol. The number of nitrogens with one attached hydrogen (secondary N) is 2. The molecule has 1 aliphatic rings. The maximum absolute atomic E-state index is 13.4. The lowest BCUT2D eigenvalue weighted by Crippen LogP contribution is -2.47. The lowest BCUT2D eigenvalue weighted by atomic mass is 10.1. The molecule has 1 aliphatic heterocycles. The van der Waals surface area contributed by atoms with Crippen molar-refractivity contribution in [2.75, 3.05) is 89.7 Å². The summed E-state index contributed by atoms with van der Waals surface area (Å²) in [4.78, 5) is 31.1. The SMILES string of the molecule is CCC(C(=O)Nc1c(C)cccc1C)N1CCOCCOCCN(C(CC)C(=O)Nc2c(C)cccc2C)CCOCCOCC1. The average Bonchev–Trinajstić information content (AvgIpc) is 3.02. The van der Waals surface area contributed by atoms with E-state index in [1.807, 2.05) is 77.9 Å². The number of para-hydroxylation sites is 2. The Bertz CT molecular complexity index is 1070. The zero-order valence-electron chi connectivity index (χ0n) is 28.9. The smallest absolute Gasteiger partial charge is 0.241 e. The molecule has 10 nitrogen and oxygen atoms in total. The van der Waals surface area contributed by atoms with Crippen LogP contribution >= 0.6 is 0 Å². The van der Waals surface area contributed by atoms with E-state index >= 15 is 0 Å². The van der Waals surface area contributed by atoms with Gasteiger partial charge in [-0.25, -0.2) is 0 Å². The molecule has 10 heteroatoms. The summed E-state index contributed by atoms with van der Waals surface area (Å²) in [7, 11) is 0. The number of ether oxygens (including phenoxy) is 4. The van der Waals surface area contributed by atoms with E-state index in [0.29, 0.717) is 91.9 Å². The molecule has 46 heavy (non-hydrogen) atoms. The summed E-state index contributed by atoms with van der Waals surface area (Å²) >= 11 is 0. The molecule has 0 aromatic heterocycles. The Kier molecular flexibility index (Phi) is 16.7. The van der Waals surface area contributed by atoms with Crippen LogP contribution in [0.3, 0.4) is 0 Å². The zero-order chi connectivity index (χ0) is 33.3. The van der Waals surface area contributed by atoms with Crippen molar-refractivity contribution in [1.82, 2.24) is 9.80 Å². The van der Waals surface area contributed by atoms with Crippen LogP contribution < -0.4 is 10.6 Å². The highest BCUT2D eigenvalue weighted by Crippen LogP contribution is 2.22. The Balaban J connectivity index is 1.56. The molecule has 2 aromatic carbocycles. The Morgan fingerprint density at radius 1 is 0.565 bits per heavy atom. The van der Waals surface area contributed by atoms with E-state index < -0.39 is 0 Å². The van der Waals surface area contributed by atoms with E-state index in [0.717, 1.165) is 33.6 Å². The van der Waals surface area contributed by atoms with Crippen LogP contribution in [0.25, 0.3) is 0 Å². The number of rotatable bonds is 8. The minimum Gasteiger partial charge on any atom is -0.378 e. The van der Waals surface area contributed by atoms with E-state index in [9.17, 15) is 9.59 Å². The molecule has 0 spiro atoms. The lowest BCUT2D eigenvalue weighted by Gasteiger charge is -2.31. The molecule has 2 atom stereocenters. The van der Waals surface area contributed by atoms with E-state index in [1.165, 1.54) is 0 Å². The number of aryl methyl sites for hydroxylation is 4. The van der Waals surface area contributed by atoms with Gasteiger partial charge in [0.15, 0.2) is 0 Å². The summed E-state index contributed by atoms with van der Waals surface area (Å²) in [5, 5.41) is 6.34. The second-order valence-electron chi connectivity index (χ2n) is 11.9. The van der Waals surface area contributed by atoms with Crippen molar-refractivity contribution in [2.45, 2.75) is 66.5 Å². The predicted octanol–water partition coefficient (Wildman–Crippen LogP) is 4.74. The van der Waals surface area contributed by atoms with Gasteiger partial charge in [-0.3, -0.25) is 19.4 Å². The van der Waals surface area contributed by atoms with Gasteiger partial charge in [0.25, 0.3) is 0 Å². The Hall–Kier alpha value is -2.86. The summed E-state index contributed by atoms with van der Waals surface area (Å²) < 4.78 is 23.7. The van der Waals surface area contributed by atoms with E-state index in [2.05, 4.69) is 20.4 Å². The molecule has 1 heterocycles. The molecule has 1 saturated heterocycles. The Morgan fingerprint density at radius 3 is 1.11 bits per heavy atom. The summed E-state index contributed by atoms with van der Waals surface area (Å²) in [5.41, 5.74) is 5.93. The number of anilines is 2. The highest BCUT2D eigenvalue weighted by atomic mass is 16.5. The largest absolute Gasteiger partial charge is 0.378 e. The molecule has 3 rings (SSSR count). The van der Waals surface area contributed by atoms with Gasteiger partial charge in [0.05, 0.1) is 64.9 Å². The molecule has 0 aliphatic carbocycles. The Labute approximate surface area is 276 Å². The van der Waals surface area contributed by atoms with Crippen LogP contribution in [0.1, 0.15) is 48.9 Å². The number of hydrogen-bond acceptors (Lipinski definition) is 8. The van der Waals surface area contributed by atoms with Crippen LogP contribution in [0.4, 0.5) is 11.4 Å². The van der Waals surface area contributed by atoms with Gasteiger partial charge in [-0.05, 0) is 62.8 Å². The number of carbonyl (C=O) groups excluding carboxylic acids is 2. The van der Waals surface area contributed by atoms with Gasteiger partial charge < -0.3 is 29.6 Å². The predicted molar refractivity (Wildman–Crippen MR) is 184 cm³/mol. The van der Waals surface area contributed by atoms with E-state index in [-0.39, 0.29) is 23.9 Å². The molecule has 2 N–H and O–H groups in total. The van der Waals surface area contributed by atoms with Gasteiger partial charge in [0, 0.05) is 37.6 Å². The number of hydrogen-bond donors (Lipinski definition) is 2. The van der Waals surface area contributed by atoms with Crippen molar-refractivity contribution in [1.29, 1.82) is 0 Å². The molecule has 1 fully saturated rings. The topological polar surface area (TPSA) is 102 Å². The van der Waals surface area contributed by atoms with Gasteiger partial charge in [-0.2, -0.15) is 0 Å². The van der Waals surface area contributed by atoms with Crippen LogP contribution in [-0.2, 0) is 28.5 Å². The fourth-order valence-corrected chi connectivity index (χ4v) is 5.87. The van der Waals surface area contributed by atoms with E-state index in [4.69, 9.17) is 18.9 Å². The number of benzene rings is 2. The quantitative estimate of drug-likeness (QED) is 0.427. The highest BCUT2D eigenvalue weighted by Gasteiger charge is 2.26. The molecule has 2 aromatic rings.